The van der Waals surface area contributed by atoms with Crippen molar-refractivity contribution in [1.29, 1.82) is 5.26 Å². The Balaban J connectivity index is 1.61. The Labute approximate surface area is 178 Å². The van der Waals surface area contributed by atoms with Crippen molar-refractivity contribution in [2.24, 2.45) is 4.99 Å². The van der Waals surface area contributed by atoms with E-state index in [9.17, 15) is 0 Å². The fourth-order valence-corrected chi connectivity index (χ4v) is 4.96. The predicted octanol–water partition coefficient (Wildman–Crippen LogP) is 4.54. The van der Waals surface area contributed by atoms with Crippen LogP contribution in [0, 0.1) is 32.1 Å². The van der Waals surface area contributed by atoms with E-state index >= 15 is 0 Å². The summed E-state index contributed by atoms with van der Waals surface area (Å²) in [5, 5.41) is 18.8. The minimum Gasteiger partial charge on any atom is -0.276 e. The minimum atomic E-state index is 0.414. The molecule has 0 radical (unpaired) electrons. The molecule has 3 aromatic heterocycles. The quantitative estimate of drug-likeness (QED) is 0.486. The molecule has 0 spiro atoms. The van der Waals surface area contributed by atoms with Crippen molar-refractivity contribution in [3.63, 3.8) is 0 Å². The van der Waals surface area contributed by atoms with Gasteiger partial charge in [-0.3, -0.25) is 9.56 Å². The number of hydrogen-bond donors (Lipinski definition) is 0. The second-order valence-electron chi connectivity index (χ2n) is 7.22. The highest BCUT2D eigenvalue weighted by Crippen LogP contribution is 2.36. The molecule has 0 unspecified atom stereocenters. The molecule has 6 nitrogen and oxygen atoms in total. The number of thiophene rings is 1. The summed E-state index contributed by atoms with van der Waals surface area (Å²) in [5.41, 5.74) is 6.58. The van der Waals surface area contributed by atoms with Crippen molar-refractivity contribution >= 4 is 17.0 Å². The number of nitriles is 1. The summed E-state index contributed by atoms with van der Waals surface area (Å²) in [6, 6.07) is 15.8. The van der Waals surface area contributed by atoms with Gasteiger partial charge in [0.25, 0.3) is 0 Å². The maximum atomic E-state index is 9.11. The summed E-state index contributed by atoms with van der Waals surface area (Å²) >= 11 is 1.76. The van der Waals surface area contributed by atoms with Gasteiger partial charge in [-0.2, -0.15) is 5.26 Å². The molecule has 1 aliphatic rings. The van der Waals surface area contributed by atoms with Crippen molar-refractivity contribution in [3.05, 3.63) is 81.4 Å². The van der Waals surface area contributed by atoms with Crippen LogP contribution in [0.4, 0.5) is 0 Å². The van der Waals surface area contributed by atoms with Gasteiger partial charge >= 0.3 is 0 Å². The van der Waals surface area contributed by atoms with E-state index in [1.165, 1.54) is 10.4 Å². The summed E-state index contributed by atoms with van der Waals surface area (Å²) in [6.45, 7) is 6.76. The van der Waals surface area contributed by atoms with E-state index < -0.39 is 0 Å². The molecule has 0 bridgehead atoms. The number of aliphatic imine (C=N–C) groups is 1. The molecular weight excluding hydrogens is 392 g/mol. The summed E-state index contributed by atoms with van der Waals surface area (Å²) < 4.78 is 2.13. The van der Waals surface area contributed by atoms with E-state index in [-0.39, 0.29) is 0 Å². The van der Waals surface area contributed by atoms with Crippen molar-refractivity contribution in [2.45, 2.75) is 27.3 Å². The minimum absolute atomic E-state index is 0.414. The number of hydrogen-bond acceptors (Lipinski definition) is 6. The second-order valence-corrected chi connectivity index (χ2v) is 8.43. The SMILES string of the molecule is Cc1sc2c(c1C)C(c1ccc(-c3cccc(C#N)n3)cc1)=NCc1nnc(C)n1-2. The lowest BCUT2D eigenvalue weighted by atomic mass is 9.98. The fraction of sp³-hybridized carbons (Fsp3) is 0.174. The van der Waals surface area contributed by atoms with Crippen LogP contribution in [0.25, 0.3) is 16.3 Å². The number of aromatic nitrogens is 4. The first-order valence-electron chi connectivity index (χ1n) is 9.61. The van der Waals surface area contributed by atoms with Gasteiger partial charge in [0.2, 0.25) is 0 Å². The number of nitrogens with zero attached hydrogens (tertiary/aromatic N) is 6. The Kier molecular flexibility index (Phi) is 4.30. The van der Waals surface area contributed by atoms with E-state index in [2.05, 4.69) is 51.8 Å². The summed E-state index contributed by atoms with van der Waals surface area (Å²) in [5.74, 6) is 1.74. The maximum absolute atomic E-state index is 9.11. The largest absolute Gasteiger partial charge is 0.276 e. The van der Waals surface area contributed by atoms with E-state index in [1.807, 2.05) is 31.2 Å². The molecule has 0 atom stereocenters. The molecule has 1 aliphatic heterocycles. The summed E-state index contributed by atoms with van der Waals surface area (Å²) in [7, 11) is 0. The topological polar surface area (TPSA) is 79.8 Å². The van der Waals surface area contributed by atoms with Crippen LogP contribution >= 0.6 is 11.3 Å². The van der Waals surface area contributed by atoms with Crippen molar-refractivity contribution in [3.8, 4) is 22.3 Å². The molecule has 0 aliphatic carbocycles. The molecule has 7 heteroatoms. The molecule has 0 saturated carbocycles. The summed E-state index contributed by atoms with van der Waals surface area (Å²) in [4.78, 5) is 10.6. The number of aryl methyl sites for hydroxylation is 2. The lowest BCUT2D eigenvalue weighted by Gasteiger charge is -2.10. The van der Waals surface area contributed by atoms with Crippen LogP contribution in [0.1, 0.15) is 38.9 Å². The molecule has 5 rings (SSSR count). The van der Waals surface area contributed by atoms with Crippen molar-refractivity contribution in [2.75, 3.05) is 0 Å². The Morgan fingerprint density at radius 1 is 1.00 bits per heavy atom. The molecule has 0 saturated heterocycles. The van der Waals surface area contributed by atoms with Gasteiger partial charge in [-0.15, -0.1) is 21.5 Å². The van der Waals surface area contributed by atoms with Gasteiger partial charge in [0, 0.05) is 21.6 Å². The number of fused-ring (bicyclic) bond motifs is 3. The fourth-order valence-electron chi connectivity index (χ4n) is 3.74. The third-order valence-corrected chi connectivity index (χ3v) is 6.59. The Morgan fingerprint density at radius 3 is 2.53 bits per heavy atom. The van der Waals surface area contributed by atoms with Crippen molar-refractivity contribution in [1.82, 2.24) is 19.7 Å². The maximum Gasteiger partial charge on any atom is 0.160 e. The third-order valence-electron chi connectivity index (χ3n) is 5.39. The predicted molar refractivity (Wildman–Crippen MR) is 117 cm³/mol. The molecule has 0 amide bonds. The smallest absolute Gasteiger partial charge is 0.160 e. The average molecular weight is 411 g/mol. The Morgan fingerprint density at radius 2 is 1.77 bits per heavy atom. The van der Waals surface area contributed by atoms with Crippen LogP contribution in [0.3, 0.4) is 0 Å². The highest BCUT2D eigenvalue weighted by Gasteiger charge is 2.26. The van der Waals surface area contributed by atoms with E-state index in [0.29, 0.717) is 12.2 Å². The molecule has 146 valence electrons. The third kappa shape index (κ3) is 2.85. The van der Waals surface area contributed by atoms with Crippen LogP contribution in [0.2, 0.25) is 0 Å². The number of rotatable bonds is 2. The van der Waals surface area contributed by atoms with E-state index in [1.54, 1.807) is 17.4 Å². The molecule has 0 N–H and O–H groups in total. The first-order chi connectivity index (χ1) is 14.6. The summed E-state index contributed by atoms with van der Waals surface area (Å²) in [6.07, 6.45) is 0. The average Bonchev–Trinajstić information content (AvgIpc) is 3.22. The van der Waals surface area contributed by atoms with Gasteiger partial charge in [0.1, 0.15) is 29.1 Å². The molecule has 0 fully saturated rings. The Bertz CT molecular complexity index is 1350. The zero-order valence-electron chi connectivity index (χ0n) is 16.8. The zero-order valence-corrected chi connectivity index (χ0v) is 17.7. The highest BCUT2D eigenvalue weighted by molar-refractivity contribution is 7.15. The molecule has 4 heterocycles. The van der Waals surface area contributed by atoms with Gasteiger partial charge in [-0.1, -0.05) is 30.3 Å². The van der Waals surface area contributed by atoms with Gasteiger partial charge < -0.3 is 0 Å². The standard InChI is InChI=1S/C23H18N6S/c1-13-14(2)30-23-21(13)22(25-12-20-28-27-15(3)29(20)23)17-9-7-16(8-10-17)19-6-4-5-18(11-24)26-19/h4-10H,12H2,1-3H3. The lowest BCUT2D eigenvalue weighted by Crippen LogP contribution is -2.07. The van der Waals surface area contributed by atoms with Gasteiger partial charge in [-0.05, 0) is 38.5 Å². The zero-order chi connectivity index (χ0) is 20.8. The van der Waals surface area contributed by atoms with Crippen LogP contribution in [0.15, 0.2) is 47.5 Å². The Hall–Kier alpha value is -3.63. The molecule has 30 heavy (non-hydrogen) atoms. The molecular formula is C23H18N6S. The van der Waals surface area contributed by atoms with Crippen LogP contribution in [0.5, 0.6) is 0 Å². The van der Waals surface area contributed by atoms with Gasteiger partial charge in [0.15, 0.2) is 5.82 Å². The monoisotopic (exact) mass is 410 g/mol. The number of benzene rings is 1. The van der Waals surface area contributed by atoms with Crippen LogP contribution in [-0.4, -0.2) is 25.5 Å². The lowest BCUT2D eigenvalue weighted by molar-refractivity contribution is 0.869. The second kappa shape index (κ2) is 7.01. The van der Waals surface area contributed by atoms with E-state index in [4.69, 9.17) is 10.3 Å². The van der Waals surface area contributed by atoms with Gasteiger partial charge in [0.05, 0.1) is 11.4 Å². The molecule has 4 aromatic rings. The van der Waals surface area contributed by atoms with Crippen LogP contribution < -0.4 is 0 Å². The van der Waals surface area contributed by atoms with E-state index in [0.717, 1.165) is 44.7 Å². The number of pyridine rings is 1. The van der Waals surface area contributed by atoms with Crippen molar-refractivity contribution < 1.29 is 0 Å². The highest BCUT2D eigenvalue weighted by atomic mass is 32.1. The van der Waals surface area contributed by atoms with Crippen LogP contribution in [-0.2, 0) is 6.54 Å². The normalized spacial score (nSPS) is 12.5. The first-order valence-corrected chi connectivity index (χ1v) is 10.4. The first kappa shape index (κ1) is 18.4. The van der Waals surface area contributed by atoms with Gasteiger partial charge in [-0.25, -0.2) is 4.98 Å². The molecule has 1 aromatic carbocycles.